The Balaban J connectivity index is 0.980. The Labute approximate surface area is 337 Å². The summed E-state index contributed by atoms with van der Waals surface area (Å²) >= 11 is 0. The second kappa shape index (κ2) is 28.3. The maximum atomic E-state index is 6.81. The van der Waals surface area contributed by atoms with Crippen molar-refractivity contribution in [1.29, 1.82) is 0 Å². The Bertz CT molecular complexity index is 1450. The molecule has 3 aromatic carbocycles. The van der Waals surface area contributed by atoms with Gasteiger partial charge in [-0.1, -0.05) is 116 Å². The van der Waals surface area contributed by atoms with Crippen molar-refractivity contribution < 1.29 is 33.2 Å². The molecule has 55 heavy (non-hydrogen) atoms. The molecule has 0 aliphatic carbocycles. The number of hydrogen-bond acceptors (Lipinski definition) is 10. The molecule has 0 bridgehead atoms. The molecule has 0 saturated carbocycles. The minimum Gasteiger partial charge on any atom is -0.497 e. The van der Waals surface area contributed by atoms with Gasteiger partial charge in [0.2, 0.25) is 0 Å². The van der Waals surface area contributed by atoms with E-state index in [4.69, 9.17) is 33.2 Å². The Kier molecular flexibility index (Phi) is 23.0. The summed E-state index contributed by atoms with van der Waals surface area (Å²) in [7, 11) is 7.04. The van der Waals surface area contributed by atoms with Gasteiger partial charge in [-0.3, -0.25) is 0 Å². The summed E-state index contributed by atoms with van der Waals surface area (Å²) in [5.41, 5.74) is 2.14. The van der Waals surface area contributed by atoms with E-state index in [0.29, 0.717) is 52.9 Å². The first-order chi connectivity index (χ1) is 27.3. The van der Waals surface area contributed by atoms with Crippen molar-refractivity contribution in [2.45, 2.75) is 68.4 Å². The molecular weight excluding hydrogens is 731 g/mol. The topological polar surface area (TPSA) is 77.5 Å². The average molecular weight is 792 g/mol. The quantitative estimate of drug-likeness (QED) is 0.0271. The standard InChI is InChI=1S/C45H61NO7S2/c1-47-42-24-20-40(21-25-42)45(39-17-11-10-12-18-39,41-22-26-43(48-2)27-23-41)53-37-36-52-35-34-51-33-32-50-31-30-49-29-15-8-6-4-3-5-7-9-16-38-54-55-44-19-13-14-28-46-44/h10-14,17-28H,3-9,15-16,29-38H2,1-2H3. The van der Waals surface area contributed by atoms with E-state index >= 15 is 0 Å². The zero-order valence-electron chi connectivity index (χ0n) is 32.9. The second-order valence-corrected chi connectivity index (χ2v) is 15.5. The summed E-state index contributed by atoms with van der Waals surface area (Å²) in [5, 5.41) is 1.10. The van der Waals surface area contributed by atoms with E-state index in [1.54, 1.807) is 25.0 Å². The molecule has 0 radical (unpaired) electrons. The molecule has 0 fully saturated rings. The number of hydrogen-bond donors (Lipinski definition) is 0. The molecular formula is C45H61NO7S2. The van der Waals surface area contributed by atoms with Gasteiger partial charge in [0.05, 0.1) is 67.1 Å². The van der Waals surface area contributed by atoms with Crippen LogP contribution in [-0.2, 0) is 29.3 Å². The number of ether oxygens (including phenoxy) is 7. The van der Waals surface area contributed by atoms with Crippen LogP contribution in [0.3, 0.4) is 0 Å². The molecule has 8 nitrogen and oxygen atoms in total. The van der Waals surface area contributed by atoms with E-state index in [1.165, 1.54) is 57.1 Å². The van der Waals surface area contributed by atoms with Crippen LogP contribution in [0.15, 0.2) is 108 Å². The fourth-order valence-electron chi connectivity index (χ4n) is 6.19. The van der Waals surface area contributed by atoms with Crippen molar-refractivity contribution in [2.75, 3.05) is 79.4 Å². The molecule has 300 valence electrons. The molecule has 0 aliphatic rings. The molecule has 0 spiro atoms. The van der Waals surface area contributed by atoms with Crippen molar-refractivity contribution in [3.05, 3.63) is 120 Å². The van der Waals surface area contributed by atoms with Crippen molar-refractivity contribution in [3.63, 3.8) is 0 Å². The van der Waals surface area contributed by atoms with Crippen molar-refractivity contribution in [2.24, 2.45) is 0 Å². The number of nitrogens with zero attached hydrogens (tertiary/aromatic N) is 1. The van der Waals surface area contributed by atoms with Gasteiger partial charge >= 0.3 is 0 Å². The number of unbranched alkanes of at least 4 members (excludes halogenated alkanes) is 8. The van der Waals surface area contributed by atoms with Gasteiger partial charge in [-0.2, -0.15) is 0 Å². The highest BCUT2D eigenvalue weighted by molar-refractivity contribution is 8.76. The number of aromatic nitrogens is 1. The third-order valence-corrected chi connectivity index (χ3v) is 11.5. The lowest BCUT2D eigenvalue weighted by Gasteiger charge is -2.36. The Morgan fingerprint density at radius 3 is 1.42 bits per heavy atom. The van der Waals surface area contributed by atoms with Crippen LogP contribution >= 0.6 is 21.6 Å². The van der Waals surface area contributed by atoms with Crippen LogP contribution in [0.5, 0.6) is 11.5 Å². The Morgan fingerprint density at radius 2 is 0.909 bits per heavy atom. The summed E-state index contributed by atoms with van der Waals surface area (Å²) in [6.45, 7) is 4.85. The van der Waals surface area contributed by atoms with Crippen LogP contribution in [0.4, 0.5) is 0 Å². The highest BCUT2D eigenvalue weighted by Crippen LogP contribution is 2.41. The summed E-state index contributed by atoms with van der Waals surface area (Å²) < 4.78 is 40.7. The van der Waals surface area contributed by atoms with Crippen LogP contribution in [0, 0.1) is 0 Å². The average Bonchev–Trinajstić information content (AvgIpc) is 3.24. The zero-order chi connectivity index (χ0) is 38.5. The van der Waals surface area contributed by atoms with Gasteiger partial charge in [-0.05, 0) is 76.7 Å². The maximum Gasteiger partial charge on any atom is 0.143 e. The first-order valence-corrected chi connectivity index (χ1v) is 22.1. The molecule has 0 unspecified atom stereocenters. The van der Waals surface area contributed by atoms with E-state index < -0.39 is 5.60 Å². The molecule has 0 amide bonds. The van der Waals surface area contributed by atoms with Gasteiger partial charge < -0.3 is 33.2 Å². The zero-order valence-corrected chi connectivity index (χ0v) is 34.5. The van der Waals surface area contributed by atoms with Crippen molar-refractivity contribution in [1.82, 2.24) is 4.98 Å². The molecule has 4 aromatic rings. The van der Waals surface area contributed by atoms with Crippen LogP contribution < -0.4 is 9.47 Å². The lowest BCUT2D eigenvalue weighted by Crippen LogP contribution is -2.34. The second-order valence-electron chi connectivity index (χ2n) is 13.1. The summed E-state index contributed by atoms with van der Waals surface area (Å²) in [6, 6.07) is 32.4. The highest BCUT2D eigenvalue weighted by atomic mass is 33.1. The number of benzene rings is 3. The van der Waals surface area contributed by atoms with Crippen molar-refractivity contribution >= 4 is 21.6 Å². The number of methoxy groups -OCH3 is 2. The predicted molar refractivity (Wildman–Crippen MR) is 226 cm³/mol. The largest absolute Gasteiger partial charge is 0.497 e. The first-order valence-electron chi connectivity index (χ1n) is 19.8. The van der Waals surface area contributed by atoms with Crippen LogP contribution in [0.1, 0.15) is 74.5 Å². The van der Waals surface area contributed by atoms with Crippen LogP contribution in [0.25, 0.3) is 0 Å². The van der Waals surface area contributed by atoms with Gasteiger partial charge in [-0.15, -0.1) is 0 Å². The van der Waals surface area contributed by atoms with Crippen LogP contribution in [0.2, 0.25) is 0 Å². The van der Waals surface area contributed by atoms with Gasteiger partial charge in [0.15, 0.2) is 0 Å². The third-order valence-electron chi connectivity index (χ3n) is 9.13. The normalized spacial score (nSPS) is 11.5. The molecule has 0 atom stereocenters. The maximum absolute atomic E-state index is 6.81. The first kappa shape index (κ1) is 44.6. The van der Waals surface area contributed by atoms with E-state index in [1.807, 2.05) is 71.6 Å². The Morgan fingerprint density at radius 1 is 0.455 bits per heavy atom. The molecule has 0 aliphatic heterocycles. The molecule has 1 heterocycles. The van der Waals surface area contributed by atoms with E-state index in [9.17, 15) is 0 Å². The molecule has 0 saturated heterocycles. The van der Waals surface area contributed by atoms with Crippen molar-refractivity contribution in [3.8, 4) is 11.5 Å². The van der Waals surface area contributed by atoms with Gasteiger partial charge in [0.25, 0.3) is 0 Å². The van der Waals surface area contributed by atoms with E-state index in [0.717, 1.165) is 46.2 Å². The minimum absolute atomic E-state index is 0.379. The lowest BCUT2D eigenvalue weighted by molar-refractivity contribution is -0.0384. The number of pyridine rings is 1. The lowest BCUT2D eigenvalue weighted by atomic mass is 9.80. The van der Waals surface area contributed by atoms with Gasteiger partial charge in [-0.25, -0.2) is 4.98 Å². The van der Waals surface area contributed by atoms with E-state index in [2.05, 4.69) is 47.4 Å². The molecule has 10 heteroatoms. The third kappa shape index (κ3) is 16.9. The molecule has 4 rings (SSSR count). The SMILES string of the molecule is COc1ccc(C(OCCOCCOCCOCCOCCCCCCCCCCCSSc2ccccn2)(c2ccccc2)c2ccc(OC)cc2)cc1. The number of rotatable bonds is 32. The summed E-state index contributed by atoms with van der Waals surface area (Å²) in [6.07, 6.45) is 13.5. The van der Waals surface area contributed by atoms with Gasteiger partial charge in [0.1, 0.15) is 22.1 Å². The smallest absolute Gasteiger partial charge is 0.143 e. The summed E-state index contributed by atoms with van der Waals surface area (Å²) in [4.78, 5) is 4.35. The predicted octanol–water partition coefficient (Wildman–Crippen LogP) is 10.4. The molecule has 1 aromatic heterocycles. The minimum atomic E-state index is -0.860. The summed E-state index contributed by atoms with van der Waals surface area (Å²) in [5.74, 6) is 2.77. The molecule has 0 N–H and O–H groups in total. The van der Waals surface area contributed by atoms with E-state index in [-0.39, 0.29) is 0 Å². The fraction of sp³-hybridized carbons (Fsp3) is 0.489. The Hall–Kier alpha value is -3.09. The van der Waals surface area contributed by atoms with Crippen LogP contribution in [-0.4, -0.2) is 84.4 Å². The fourth-order valence-corrected chi connectivity index (χ4v) is 8.22. The monoisotopic (exact) mass is 791 g/mol. The van der Waals surface area contributed by atoms with Gasteiger partial charge in [0, 0.05) is 18.6 Å². The highest BCUT2D eigenvalue weighted by Gasteiger charge is 2.37.